The van der Waals surface area contributed by atoms with Crippen molar-refractivity contribution < 1.29 is 9.90 Å². The topological polar surface area (TPSA) is 52.6 Å². The molecule has 106 valence electrons. The van der Waals surface area contributed by atoms with Crippen molar-refractivity contribution in [3.63, 3.8) is 0 Å². The average molecular weight is 256 g/mol. The number of nitrogens with one attached hydrogen (secondary N) is 1. The summed E-state index contributed by atoms with van der Waals surface area (Å²) in [6.45, 7) is 6.67. The van der Waals surface area contributed by atoms with Gasteiger partial charge < -0.3 is 15.3 Å². The second-order valence-electron chi connectivity index (χ2n) is 5.75. The van der Waals surface area contributed by atoms with Gasteiger partial charge in [0, 0.05) is 6.54 Å². The van der Waals surface area contributed by atoms with E-state index in [1.165, 1.54) is 32.1 Å². The van der Waals surface area contributed by atoms with Gasteiger partial charge in [-0.3, -0.25) is 4.79 Å². The highest BCUT2D eigenvalue weighted by atomic mass is 16.4. The minimum atomic E-state index is -0.829. The van der Waals surface area contributed by atoms with Gasteiger partial charge in [-0.25, -0.2) is 0 Å². The molecule has 4 heteroatoms. The first kappa shape index (κ1) is 15.4. The standard InChI is InChI=1S/C14H28N2O2/c1-4-6-12-7-5-9-16(10-8-12)11-14(2,15-3)13(17)18/h12,15H,4-11H2,1-3H3,(H,17,18). The van der Waals surface area contributed by atoms with E-state index in [0.717, 1.165) is 19.0 Å². The van der Waals surface area contributed by atoms with Crippen LogP contribution in [0.25, 0.3) is 0 Å². The number of carbonyl (C=O) groups is 1. The molecule has 1 fully saturated rings. The lowest BCUT2D eigenvalue weighted by molar-refractivity contribution is -0.144. The molecule has 0 aromatic carbocycles. The zero-order valence-electron chi connectivity index (χ0n) is 12.0. The Balaban J connectivity index is 2.50. The zero-order chi connectivity index (χ0) is 13.6. The first-order valence-electron chi connectivity index (χ1n) is 7.16. The third kappa shape index (κ3) is 4.25. The van der Waals surface area contributed by atoms with Crippen LogP contribution in [-0.4, -0.2) is 48.2 Å². The summed E-state index contributed by atoms with van der Waals surface area (Å²) in [6.07, 6.45) is 6.29. The van der Waals surface area contributed by atoms with E-state index in [2.05, 4.69) is 17.1 Å². The Labute approximate surface area is 111 Å². The van der Waals surface area contributed by atoms with Gasteiger partial charge in [-0.1, -0.05) is 19.8 Å². The van der Waals surface area contributed by atoms with Gasteiger partial charge in [-0.05, 0) is 52.2 Å². The molecule has 2 unspecified atom stereocenters. The van der Waals surface area contributed by atoms with E-state index in [0.29, 0.717) is 6.54 Å². The second-order valence-corrected chi connectivity index (χ2v) is 5.75. The molecule has 1 rings (SSSR count). The number of rotatable bonds is 6. The molecule has 0 spiro atoms. The first-order valence-corrected chi connectivity index (χ1v) is 7.16. The summed E-state index contributed by atoms with van der Waals surface area (Å²) >= 11 is 0. The monoisotopic (exact) mass is 256 g/mol. The van der Waals surface area contributed by atoms with Crippen LogP contribution >= 0.6 is 0 Å². The molecule has 2 N–H and O–H groups in total. The van der Waals surface area contributed by atoms with Crippen molar-refractivity contribution in [2.75, 3.05) is 26.7 Å². The summed E-state index contributed by atoms with van der Waals surface area (Å²) in [7, 11) is 1.73. The second kappa shape index (κ2) is 7.10. The molecule has 1 aliphatic rings. The predicted octanol–water partition coefficient (Wildman–Crippen LogP) is 1.95. The number of hydrogen-bond acceptors (Lipinski definition) is 3. The summed E-state index contributed by atoms with van der Waals surface area (Å²) in [5.41, 5.74) is -0.829. The molecule has 0 bridgehead atoms. The van der Waals surface area contributed by atoms with Crippen LogP contribution in [0.1, 0.15) is 46.0 Å². The van der Waals surface area contributed by atoms with Crippen LogP contribution in [0.2, 0.25) is 0 Å². The molecule has 1 heterocycles. The lowest BCUT2D eigenvalue weighted by Crippen LogP contribution is -2.55. The Kier molecular flexibility index (Phi) is 6.09. The zero-order valence-corrected chi connectivity index (χ0v) is 12.0. The van der Waals surface area contributed by atoms with Crippen molar-refractivity contribution in [3.8, 4) is 0 Å². The number of nitrogens with zero attached hydrogens (tertiary/aromatic N) is 1. The van der Waals surface area contributed by atoms with E-state index in [4.69, 9.17) is 0 Å². The Hall–Kier alpha value is -0.610. The number of carboxylic acids is 1. The largest absolute Gasteiger partial charge is 0.480 e. The van der Waals surface area contributed by atoms with Crippen LogP contribution in [0.3, 0.4) is 0 Å². The number of carboxylic acid groups (broad SMARTS) is 1. The summed E-state index contributed by atoms with van der Waals surface area (Å²) in [5, 5.41) is 12.2. The van der Waals surface area contributed by atoms with Gasteiger partial charge in [-0.15, -0.1) is 0 Å². The first-order chi connectivity index (χ1) is 8.51. The fraction of sp³-hybridized carbons (Fsp3) is 0.929. The molecule has 18 heavy (non-hydrogen) atoms. The van der Waals surface area contributed by atoms with Crippen LogP contribution < -0.4 is 5.32 Å². The Bertz CT molecular complexity index is 271. The number of likely N-dealkylation sites (tertiary alicyclic amines) is 1. The molecule has 0 aromatic heterocycles. The molecular weight excluding hydrogens is 228 g/mol. The summed E-state index contributed by atoms with van der Waals surface area (Å²) in [6, 6.07) is 0. The van der Waals surface area contributed by atoms with E-state index in [1.807, 2.05) is 0 Å². The van der Waals surface area contributed by atoms with E-state index >= 15 is 0 Å². The Morgan fingerprint density at radius 3 is 2.72 bits per heavy atom. The SMILES string of the molecule is CCCC1CCCN(CC(C)(NC)C(=O)O)CC1. The summed E-state index contributed by atoms with van der Waals surface area (Å²) in [5.74, 6) is 0.0741. The van der Waals surface area contributed by atoms with Gasteiger partial charge in [0.25, 0.3) is 0 Å². The van der Waals surface area contributed by atoms with Gasteiger partial charge in [0.05, 0.1) is 0 Å². The van der Waals surface area contributed by atoms with Crippen molar-refractivity contribution in [2.24, 2.45) is 5.92 Å². The fourth-order valence-electron chi connectivity index (χ4n) is 2.78. The number of hydrogen-bond donors (Lipinski definition) is 2. The van der Waals surface area contributed by atoms with Crippen molar-refractivity contribution in [1.29, 1.82) is 0 Å². The number of likely N-dealkylation sites (N-methyl/N-ethyl adjacent to an activating group) is 1. The third-order valence-corrected chi connectivity index (χ3v) is 4.20. The van der Waals surface area contributed by atoms with Crippen molar-refractivity contribution >= 4 is 5.97 Å². The minimum absolute atomic E-state index is 0.595. The molecule has 0 aromatic rings. The lowest BCUT2D eigenvalue weighted by Gasteiger charge is -2.31. The highest BCUT2D eigenvalue weighted by Crippen LogP contribution is 2.22. The van der Waals surface area contributed by atoms with Gasteiger partial charge in [0.2, 0.25) is 0 Å². The van der Waals surface area contributed by atoms with Crippen LogP contribution in [-0.2, 0) is 4.79 Å². The third-order valence-electron chi connectivity index (χ3n) is 4.20. The van der Waals surface area contributed by atoms with E-state index in [9.17, 15) is 9.90 Å². The van der Waals surface area contributed by atoms with Crippen molar-refractivity contribution in [1.82, 2.24) is 10.2 Å². The Morgan fingerprint density at radius 2 is 2.17 bits per heavy atom. The smallest absolute Gasteiger partial charge is 0.324 e. The molecule has 0 saturated carbocycles. The van der Waals surface area contributed by atoms with Crippen LogP contribution in [0.4, 0.5) is 0 Å². The molecule has 4 nitrogen and oxygen atoms in total. The van der Waals surface area contributed by atoms with Crippen molar-refractivity contribution in [2.45, 2.75) is 51.5 Å². The summed E-state index contributed by atoms with van der Waals surface area (Å²) in [4.78, 5) is 13.6. The van der Waals surface area contributed by atoms with E-state index in [-0.39, 0.29) is 0 Å². The molecule has 0 amide bonds. The van der Waals surface area contributed by atoms with Crippen molar-refractivity contribution in [3.05, 3.63) is 0 Å². The molecule has 1 aliphatic heterocycles. The van der Waals surface area contributed by atoms with Gasteiger partial charge in [0.15, 0.2) is 0 Å². The highest BCUT2D eigenvalue weighted by Gasteiger charge is 2.33. The maximum absolute atomic E-state index is 11.3. The minimum Gasteiger partial charge on any atom is -0.480 e. The fourth-order valence-corrected chi connectivity index (χ4v) is 2.78. The predicted molar refractivity (Wildman–Crippen MR) is 73.8 cm³/mol. The van der Waals surface area contributed by atoms with Crippen LogP contribution in [0.15, 0.2) is 0 Å². The molecule has 1 saturated heterocycles. The normalized spacial score (nSPS) is 25.4. The van der Waals surface area contributed by atoms with E-state index in [1.54, 1.807) is 14.0 Å². The molecule has 0 radical (unpaired) electrons. The maximum atomic E-state index is 11.3. The molecule has 2 atom stereocenters. The maximum Gasteiger partial charge on any atom is 0.324 e. The van der Waals surface area contributed by atoms with Gasteiger partial charge in [0.1, 0.15) is 5.54 Å². The number of aliphatic carboxylic acids is 1. The van der Waals surface area contributed by atoms with Gasteiger partial charge in [-0.2, -0.15) is 0 Å². The quantitative estimate of drug-likeness (QED) is 0.762. The van der Waals surface area contributed by atoms with Gasteiger partial charge >= 0.3 is 5.97 Å². The molecular formula is C14H28N2O2. The van der Waals surface area contributed by atoms with Crippen LogP contribution in [0.5, 0.6) is 0 Å². The lowest BCUT2D eigenvalue weighted by atomic mass is 9.96. The Morgan fingerprint density at radius 1 is 1.44 bits per heavy atom. The summed E-state index contributed by atoms with van der Waals surface area (Å²) < 4.78 is 0. The molecule has 0 aliphatic carbocycles. The highest BCUT2D eigenvalue weighted by molar-refractivity contribution is 5.78. The average Bonchev–Trinajstić information content (AvgIpc) is 2.55. The van der Waals surface area contributed by atoms with E-state index < -0.39 is 11.5 Å². The van der Waals surface area contributed by atoms with Crippen LogP contribution in [0, 0.1) is 5.92 Å².